The molecule has 0 aromatic carbocycles. The van der Waals surface area contributed by atoms with Crippen molar-refractivity contribution in [3.63, 3.8) is 0 Å². The molecule has 1 aliphatic rings. The van der Waals surface area contributed by atoms with Gasteiger partial charge in [-0.05, 0) is 0 Å². The van der Waals surface area contributed by atoms with Crippen LogP contribution >= 0.6 is 0 Å². The summed E-state index contributed by atoms with van der Waals surface area (Å²) >= 11 is 0. The van der Waals surface area contributed by atoms with Gasteiger partial charge in [-0.15, -0.1) is 12.3 Å². The van der Waals surface area contributed by atoms with Crippen molar-refractivity contribution >= 4 is 10.2 Å². The highest BCUT2D eigenvalue weighted by atomic mass is 32.2. The van der Waals surface area contributed by atoms with Crippen LogP contribution in [0.2, 0.25) is 0 Å². The maximum absolute atomic E-state index is 11.4. The normalized spacial score (nSPS) is 24.0. The molecule has 0 aromatic heterocycles. The maximum atomic E-state index is 11.4. The van der Waals surface area contributed by atoms with Gasteiger partial charge in [0.05, 0.1) is 0 Å². The molecule has 1 aliphatic heterocycles. The van der Waals surface area contributed by atoms with E-state index < -0.39 is 10.2 Å². The highest BCUT2D eigenvalue weighted by Crippen LogP contribution is 2.13. The fourth-order valence-corrected chi connectivity index (χ4v) is 2.44. The van der Waals surface area contributed by atoms with Crippen molar-refractivity contribution in [1.29, 1.82) is 0 Å². The third-order valence-corrected chi connectivity index (χ3v) is 3.88. The summed E-state index contributed by atoms with van der Waals surface area (Å²) in [6.07, 6.45) is 5.52. The lowest BCUT2D eigenvalue weighted by atomic mass is 10.4. The average Bonchev–Trinajstić information content (AvgIpc) is 2.25. The molecule has 0 saturated carbocycles. The molecule has 0 bridgehead atoms. The molecule has 0 spiro atoms. The number of hydrogen-bond acceptors (Lipinski definition) is 2. The van der Waals surface area contributed by atoms with Gasteiger partial charge in [0.2, 0.25) is 0 Å². The lowest BCUT2D eigenvalue weighted by Gasteiger charge is -2.13. The smallest absolute Gasteiger partial charge is 0.195 e. The van der Waals surface area contributed by atoms with E-state index in [1.54, 1.807) is 7.05 Å². The topological polar surface area (TPSA) is 40.6 Å². The molecule has 5 heteroatoms. The van der Waals surface area contributed by atoms with Crippen molar-refractivity contribution in [1.82, 2.24) is 8.61 Å². The Balaban J connectivity index is 2.64. The van der Waals surface area contributed by atoms with Crippen molar-refractivity contribution in [3.8, 4) is 12.3 Å². The van der Waals surface area contributed by atoms with Gasteiger partial charge < -0.3 is 0 Å². The van der Waals surface area contributed by atoms with Crippen molar-refractivity contribution in [2.45, 2.75) is 6.42 Å². The summed E-state index contributed by atoms with van der Waals surface area (Å²) in [4.78, 5) is 0. The molecule has 12 heavy (non-hydrogen) atoms. The average molecular weight is 188 g/mol. The van der Waals surface area contributed by atoms with E-state index in [1.165, 1.54) is 8.61 Å². The molecule has 1 saturated heterocycles. The Bertz CT molecular complexity index is 291. The number of hydrogen-bond donors (Lipinski definition) is 0. The first-order valence-corrected chi connectivity index (χ1v) is 5.13. The highest BCUT2D eigenvalue weighted by Gasteiger charge is 2.32. The minimum atomic E-state index is -3.17. The molecular weight excluding hydrogens is 176 g/mol. The van der Waals surface area contributed by atoms with E-state index >= 15 is 0 Å². The molecule has 1 fully saturated rings. The SMILES string of the molecule is C#CCCN1CCN(C)S1(=O)=O. The molecule has 1 heterocycles. The first kappa shape index (κ1) is 9.52. The molecule has 0 radical (unpaired) electrons. The van der Waals surface area contributed by atoms with Gasteiger partial charge in [0.25, 0.3) is 10.2 Å². The number of terminal acetylenes is 1. The third kappa shape index (κ3) is 1.61. The Morgan fingerprint density at radius 3 is 2.58 bits per heavy atom. The highest BCUT2D eigenvalue weighted by molar-refractivity contribution is 7.87. The summed E-state index contributed by atoms with van der Waals surface area (Å²) in [6, 6.07) is 0. The van der Waals surface area contributed by atoms with Gasteiger partial charge in [-0.25, -0.2) is 0 Å². The molecule has 4 nitrogen and oxygen atoms in total. The number of rotatable bonds is 2. The van der Waals surface area contributed by atoms with Crippen LogP contribution < -0.4 is 0 Å². The Kier molecular flexibility index (Phi) is 2.73. The van der Waals surface area contributed by atoms with Gasteiger partial charge in [0.15, 0.2) is 0 Å². The van der Waals surface area contributed by atoms with Crippen LogP contribution in [-0.2, 0) is 10.2 Å². The molecule has 68 valence electrons. The standard InChI is InChI=1S/C7H12N2O2S/c1-3-4-5-9-7-6-8(2)12(9,10)11/h1H,4-7H2,2H3. The molecule has 0 unspecified atom stereocenters. The van der Waals surface area contributed by atoms with Crippen molar-refractivity contribution in [2.75, 3.05) is 26.7 Å². The molecule has 0 aromatic rings. The fourth-order valence-electron chi connectivity index (χ4n) is 1.10. The zero-order valence-electron chi connectivity index (χ0n) is 7.02. The predicted molar refractivity (Wildman–Crippen MR) is 46.6 cm³/mol. The minimum absolute atomic E-state index is 0.434. The van der Waals surface area contributed by atoms with E-state index in [0.717, 1.165) is 0 Å². The molecule has 0 aliphatic carbocycles. The second-order valence-corrected chi connectivity index (χ2v) is 4.72. The monoisotopic (exact) mass is 188 g/mol. The number of nitrogens with zero attached hydrogens (tertiary/aromatic N) is 2. The quantitative estimate of drug-likeness (QED) is 0.548. The van der Waals surface area contributed by atoms with Gasteiger partial charge in [-0.3, -0.25) is 0 Å². The second-order valence-electron chi connectivity index (χ2n) is 2.68. The van der Waals surface area contributed by atoms with E-state index in [-0.39, 0.29) is 0 Å². The van der Waals surface area contributed by atoms with Gasteiger partial charge >= 0.3 is 0 Å². The Morgan fingerprint density at radius 2 is 2.17 bits per heavy atom. The van der Waals surface area contributed by atoms with Gasteiger partial charge in [0, 0.05) is 33.1 Å². The van der Waals surface area contributed by atoms with Crippen LogP contribution in [-0.4, -0.2) is 43.7 Å². The van der Waals surface area contributed by atoms with Crippen LogP contribution in [0.25, 0.3) is 0 Å². The lowest BCUT2D eigenvalue weighted by Crippen LogP contribution is -2.31. The summed E-state index contributed by atoms with van der Waals surface area (Å²) in [5.74, 6) is 2.42. The van der Waals surface area contributed by atoms with Crippen LogP contribution in [0.5, 0.6) is 0 Å². The molecule has 0 N–H and O–H groups in total. The summed E-state index contributed by atoms with van der Waals surface area (Å²) in [6.45, 7) is 1.55. The van der Waals surface area contributed by atoms with E-state index in [1.807, 2.05) is 0 Å². The Hall–Kier alpha value is -0.570. The Labute approximate surface area is 73.3 Å². The predicted octanol–water partition coefficient (Wildman–Crippen LogP) is -0.498. The van der Waals surface area contributed by atoms with Crippen molar-refractivity contribution in [3.05, 3.63) is 0 Å². The van der Waals surface area contributed by atoms with E-state index in [2.05, 4.69) is 5.92 Å². The number of likely N-dealkylation sites (N-methyl/N-ethyl adjacent to an activating group) is 1. The van der Waals surface area contributed by atoms with Crippen molar-refractivity contribution in [2.24, 2.45) is 0 Å². The van der Waals surface area contributed by atoms with Crippen LogP contribution in [0.4, 0.5) is 0 Å². The van der Waals surface area contributed by atoms with Crippen molar-refractivity contribution < 1.29 is 8.42 Å². The van der Waals surface area contributed by atoms with Crippen LogP contribution in [0.1, 0.15) is 6.42 Å². The van der Waals surface area contributed by atoms with Gasteiger partial charge in [0.1, 0.15) is 0 Å². The van der Waals surface area contributed by atoms with E-state index in [0.29, 0.717) is 26.1 Å². The summed E-state index contributed by atoms with van der Waals surface area (Å²) in [7, 11) is -1.59. The summed E-state index contributed by atoms with van der Waals surface area (Å²) in [5.41, 5.74) is 0. The maximum Gasteiger partial charge on any atom is 0.281 e. The zero-order valence-corrected chi connectivity index (χ0v) is 7.84. The largest absolute Gasteiger partial charge is 0.281 e. The fraction of sp³-hybridized carbons (Fsp3) is 0.714. The van der Waals surface area contributed by atoms with Crippen LogP contribution in [0.15, 0.2) is 0 Å². The lowest BCUT2D eigenvalue weighted by molar-refractivity contribution is 0.456. The molecular formula is C7H12N2O2S. The molecule has 1 rings (SSSR count). The van der Waals surface area contributed by atoms with Crippen LogP contribution in [0, 0.1) is 12.3 Å². The summed E-state index contributed by atoms with van der Waals surface area (Å²) < 4.78 is 25.5. The minimum Gasteiger partial charge on any atom is -0.195 e. The van der Waals surface area contributed by atoms with Gasteiger partial charge in [-0.1, -0.05) is 0 Å². The van der Waals surface area contributed by atoms with Crippen LogP contribution in [0.3, 0.4) is 0 Å². The zero-order chi connectivity index (χ0) is 9.19. The van der Waals surface area contributed by atoms with Gasteiger partial charge in [-0.2, -0.15) is 17.0 Å². The second kappa shape index (κ2) is 3.44. The summed E-state index contributed by atoms with van der Waals surface area (Å²) in [5, 5.41) is 0. The third-order valence-electron chi connectivity index (χ3n) is 1.89. The first-order valence-electron chi connectivity index (χ1n) is 3.74. The molecule has 0 amide bonds. The Morgan fingerprint density at radius 1 is 1.50 bits per heavy atom. The first-order chi connectivity index (χ1) is 5.59. The molecule has 0 atom stereocenters. The van der Waals surface area contributed by atoms with E-state index in [9.17, 15) is 8.42 Å². The van der Waals surface area contributed by atoms with E-state index in [4.69, 9.17) is 6.42 Å².